The molecule has 3 heteroatoms. The SMILES string of the molecule is Cc1ccc(N)c(CN(C)Cc2cccc(F)c2)c1. The van der Waals surface area contributed by atoms with Crippen molar-refractivity contribution in [1.82, 2.24) is 4.90 Å². The quantitative estimate of drug-likeness (QED) is 0.852. The van der Waals surface area contributed by atoms with Crippen LogP contribution in [0.3, 0.4) is 0 Å². The maximum absolute atomic E-state index is 13.1. The van der Waals surface area contributed by atoms with Crippen LogP contribution in [-0.2, 0) is 13.1 Å². The minimum Gasteiger partial charge on any atom is -0.398 e. The van der Waals surface area contributed by atoms with Gasteiger partial charge in [-0.3, -0.25) is 4.90 Å². The average Bonchev–Trinajstić information content (AvgIpc) is 2.34. The van der Waals surface area contributed by atoms with Gasteiger partial charge in [0.15, 0.2) is 0 Å². The van der Waals surface area contributed by atoms with Crippen molar-refractivity contribution in [2.75, 3.05) is 12.8 Å². The number of nitrogens with zero attached hydrogens (tertiary/aromatic N) is 1. The monoisotopic (exact) mass is 258 g/mol. The molecule has 0 atom stereocenters. The molecular formula is C16H19FN2. The molecule has 0 saturated carbocycles. The van der Waals surface area contributed by atoms with Crippen LogP contribution in [0.1, 0.15) is 16.7 Å². The minimum absolute atomic E-state index is 0.194. The molecule has 0 heterocycles. The highest BCUT2D eigenvalue weighted by Crippen LogP contribution is 2.16. The summed E-state index contributed by atoms with van der Waals surface area (Å²) in [5.41, 5.74) is 10.0. The number of rotatable bonds is 4. The number of benzene rings is 2. The van der Waals surface area contributed by atoms with E-state index in [4.69, 9.17) is 5.73 Å². The van der Waals surface area contributed by atoms with Crippen LogP contribution in [0.15, 0.2) is 42.5 Å². The van der Waals surface area contributed by atoms with Gasteiger partial charge < -0.3 is 5.73 Å². The number of halogens is 1. The van der Waals surface area contributed by atoms with E-state index in [2.05, 4.69) is 17.9 Å². The Morgan fingerprint density at radius 2 is 1.89 bits per heavy atom. The lowest BCUT2D eigenvalue weighted by molar-refractivity contribution is 0.319. The third-order valence-electron chi connectivity index (χ3n) is 3.08. The molecule has 0 radical (unpaired) electrons. The minimum atomic E-state index is -0.194. The van der Waals surface area contributed by atoms with Gasteiger partial charge in [-0.15, -0.1) is 0 Å². The van der Waals surface area contributed by atoms with Crippen molar-refractivity contribution in [3.8, 4) is 0 Å². The smallest absolute Gasteiger partial charge is 0.123 e. The van der Waals surface area contributed by atoms with Crippen molar-refractivity contribution in [1.29, 1.82) is 0 Å². The maximum atomic E-state index is 13.1. The van der Waals surface area contributed by atoms with Gasteiger partial charge in [0.25, 0.3) is 0 Å². The van der Waals surface area contributed by atoms with E-state index in [9.17, 15) is 4.39 Å². The van der Waals surface area contributed by atoms with E-state index in [0.717, 1.165) is 23.4 Å². The topological polar surface area (TPSA) is 29.3 Å². The molecule has 0 aliphatic heterocycles. The molecule has 0 amide bonds. The van der Waals surface area contributed by atoms with Crippen LogP contribution < -0.4 is 5.73 Å². The van der Waals surface area contributed by atoms with E-state index in [-0.39, 0.29) is 5.82 Å². The zero-order valence-electron chi connectivity index (χ0n) is 11.4. The normalized spacial score (nSPS) is 10.9. The first-order valence-corrected chi connectivity index (χ1v) is 6.32. The first-order valence-electron chi connectivity index (χ1n) is 6.32. The Bertz CT molecular complexity index is 566. The number of aryl methyl sites for hydroxylation is 1. The predicted molar refractivity (Wildman–Crippen MR) is 77.2 cm³/mol. The highest BCUT2D eigenvalue weighted by Gasteiger charge is 2.05. The fourth-order valence-corrected chi connectivity index (χ4v) is 2.17. The van der Waals surface area contributed by atoms with E-state index >= 15 is 0 Å². The number of nitrogen functional groups attached to an aromatic ring is 1. The van der Waals surface area contributed by atoms with Crippen LogP contribution in [0.2, 0.25) is 0 Å². The van der Waals surface area contributed by atoms with Crippen LogP contribution >= 0.6 is 0 Å². The van der Waals surface area contributed by atoms with Crippen LogP contribution in [0.4, 0.5) is 10.1 Å². The van der Waals surface area contributed by atoms with Gasteiger partial charge in [-0.25, -0.2) is 4.39 Å². The second kappa shape index (κ2) is 5.85. The van der Waals surface area contributed by atoms with Crippen LogP contribution in [0.5, 0.6) is 0 Å². The van der Waals surface area contributed by atoms with Gasteiger partial charge in [0, 0.05) is 18.8 Å². The summed E-state index contributed by atoms with van der Waals surface area (Å²) in [5, 5.41) is 0. The number of hydrogen-bond acceptors (Lipinski definition) is 2. The molecule has 0 bridgehead atoms. The standard InChI is InChI=1S/C16H19FN2/c1-12-6-7-16(18)14(8-12)11-19(2)10-13-4-3-5-15(17)9-13/h3-9H,10-11,18H2,1-2H3. The van der Waals surface area contributed by atoms with E-state index in [0.29, 0.717) is 6.54 Å². The van der Waals surface area contributed by atoms with Crippen molar-refractivity contribution in [2.24, 2.45) is 0 Å². The average molecular weight is 258 g/mol. The second-order valence-corrected chi connectivity index (χ2v) is 5.00. The molecule has 0 aromatic heterocycles. The lowest BCUT2D eigenvalue weighted by Gasteiger charge is -2.18. The molecule has 100 valence electrons. The highest BCUT2D eigenvalue weighted by molar-refractivity contribution is 5.48. The lowest BCUT2D eigenvalue weighted by atomic mass is 10.1. The molecule has 2 N–H and O–H groups in total. The van der Waals surface area contributed by atoms with E-state index < -0.39 is 0 Å². The summed E-state index contributed by atoms with van der Waals surface area (Å²) in [7, 11) is 2.01. The Morgan fingerprint density at radius 1 is 1.11 bits per heavy atom. The number of nitrogens with two attached hydrogens (primary N) is 1. The largest absolute Gasteiger partial charge is 0.398 e. The summed E-state index contributed by atoms with van der Waals surface area (Å²) in [4.78, 5) is 2.12. The van der Waals surface area contributed by atoms with Crippen molar-refractivity contribution in [2.45, 2.75) is 20.0 Å². The number of anilines is 1. The molecule has 0 fully saturated rings. The molecule has 2 aromatic carbocycles. The first kappa shape index (κ1) is 13.6. The molecule has 0 spiro atoms. The maximum Gasteiger partial charge on any atom is 0.123 e. The Balaban J connectivity index is 2.05. The third-order valence-corrected chi connectivity index (χ3v) is 3.08. The Kier molecular flexibility index (Phi) is 4.17. The zero-order chi connectivity index (χ0) is 13.8. The van der Waals surface area contributed by atoms with Gasteiger partial charge in [0.05, 0.1) is 0 Å². The molecular weight excluding hydrogens is 239 g/mol. The molecule has 0 saturated heterocycles. The van der Waals surface area contributed by atoms with Gasteiger partial charge in [-0.05, 0) is 43.3 Å². The van der Waals surface area contributed by atoms with Gasteiger partial charge in [0.1, 0.15) is 5.82 Å². The molecule has 0 aliphatic rings. The fraction of sp³-hybridized carbons (Fsp3) is 0.250. The summed E-state index contributed by atoms with van der Waals surface area (Å²) >= 11 is 0. The van der Waals surface area contributed by atoms with Crippen molar-refractivity contribution >= 4 is 5.69 Å². The van der Waals surface area contributed by atoms with Gasteiger partial charge in [-0.2, -0.15) is 0 Å². The van der Waals surface area contributed by atoms with Crippen molar-refractivity contribution in [3.05, 3.63) is 65.0 Å². The second-order valence-electron chi connectivity index (χ2n) is 5.00. The van der Waals surface area contributed by atoms with Crippen LogP contribution in [0.25, 0.3) is 0 Å². The molecule has 0 aliphatic carbocycles. The van der Waals surface area contributed by atoms with E-state index in [1.165, 1.54) is 11.6 Å². The Morgan fingerprint density at radius 3 is 2.63 bits per heavy atom. The summed E-state index contributed by atoms with van der Waals surface area (Å²) in [5.74, 6) is -0.194. The zero-order valence-corrected chi connectivity index (χ0v) is 11.4. The Hall–Kier alpha value is -1.87. The van der Waals surface area contributed by atoms with Gasteiger partial charge in [0.2, 0.25) is 0 Å². The lowest BCUT2D eigenvalue weighted by Crippen LogP contribution is -2.18. The van der Waals surface area contributed by atoms with E-state index in [1.54, 1.807) is 12.1 Å². The summed E-state index contributed by atoms with van der Waals surface area (Å²) < 4.78 is 13.1. The summed E-state index contributed by atoms with van der Waals surface area (Å²) in [6.45, 7) is 3.50. The molecule has 2 aromatic rings. The highest BCUT2D eigenvalue weighted by atomic mass is 19.1. The first-order chi connectivity index (χ1) is 9.04. The van der Waals surface area contributed by atoms with E-state index in [1.807, 2.05) is 25.2 Å². The van der Waals surface area contributed by atoms with Gasteiger partial charge in [-0.1, -0.05) is 29.8 Å². The summed E-state index contributed by atoms with van der Waals surface area (Å²) in [6.07, 6.45) is 0. The van der Waals surface area contributed by atoms with Crippen LogP contribution in [-0.4, -0.2) is 11.9 Å². The fourth-order valence-electron chi connectivity index (χ4n) is 2.17. The van der Waals surface area contributed by atoms with Crippen molar-refractivity contribution < 1.29 is 4.39 Å². The molecule has 2 nitrogen and oxygen atoms in total. The molecule has 2 rings (SSSR count). The Labute approximate surface area is 113 Å². The molecule has 19 heavy (non-hydrogen) atoms. The van der Waals surface area contributed by atoms with Crippen LogP contribution in [0, 0.1) is 12.7 Å². The van der Waals surface area contributed by atoms with Gasteiger partial charge >= 0.3 is 0 Å². The third kappa shape index (κ3) is 3.80. The predicted octanol–water partition coefficient (Wildman–Crippen LogP) is 3.35. The summed E-state index contributed by atoms with van der Waals surface area (Å²) in [6, 6.07) is 12.7. The van der Waals surface area contributed by atoms with Crippen molar-refractivity contribution in [3.63, 3.8) is 0 Å². The number of hydrogen-bond donors (Lipinski definition) is 1. The molecule has 0 unspecified atom stereocenters.